The van der Waals surface area contributed by atoms with Gasteiger partial charge in [-0.1, -0.05) is 11.6 Å². The first kappa shape index (κ1) is 19.1. The van der Waals surface area contributed by atoms with Crippen molar-refractivity contribution in [1.29, 1.82) is 0 Å². The standard InChI is InChI=1S/C19H26ClN3O3/c1-26-19(25)14-4-5-17(20)16(11-14)13-22-8-2-3-15(12-22)18(24)23-9-6-21-7-10-23/h4-5,11,15,21H,2-3,6-10,12-13H2,1H3. The highest BCUT2D eigenvalue weighted by atomic mass is 35.5. The second kappa shape index (κ2) is 8.84. The minimum atomic E-state index is -0.367. The molecule has 1 aromatic rings. The maximum absolute atomic E-state index is 12.8. The van der Waals surface area contributed by atoms with E-state index >= 15 is 0 Å². The van der Waals surface area contributed by atoms with Crippen LogP contribution in [0.25, 0.3) is 0 Å². The lowest BCUT2D eigenvalue weighted by molar-refractivity contribution is -0.138. The third kappa shape index (κ3) is 4.55. The molecule has 0 saturated carbocycles. The van der Waals surface area contributed by atoms with Crippen molar-refractivity contribution in [3.05, 3.63) is 34.3 Å². The van der Waals surface area contributed by atoms with Crippen LogP contribution in [0.4, 0.5) is 0 Å². The fourth-order valence-electron chi connectivity index (χ4n) is 3.73. The average molecular weight is 380 g/mol. The van der Waals surface area contributed by atoms with Crippen molar-refractivity contribution in [2.24, 2.45) is 5.92 Å². The van der Waals surface area contributed by atoms with E-state index in [9.17, 15) is 9.59 Å². The van der Waals surface area contributed by atoms with Crippen molar-refractivity contribution in [2.75, 3.05) is 46.4 Å². The number of rotatable bonds is 4. The summed E-state index contributed by atoms with van der Waals surface area (Å²) >= 11 is 6.32. The lowest BCUT2D eigenvalue weighted by atomic mass is 9.95. The Labute approximate surface area is 159 Å². The number of methoxy groups -OCH3 is 1. The number of ether oxygens (including phenoxy) is 1. The summed E-state index contributed by atoms with van der Waals surface area (Å²) in [6, 6.07) is 5.19. The summed E-state index contributed by atoms with van der Waals surface area (Å²) < 4.78 is 4.79. The first-order valence-electron chi connectivity index (χ1n) is 9.17. The van der Waals surface area contributed by atoms with E-state index in [1.54, 1.807) is 18.2 Å². The molecule has 0 bridgehead atoms. The maximum atomic E-state index is 12.8. The van der Waals surface area contributed by atoms with Crippen molar-refractivity contribution in [2.45, 2.75) is 19.4 Å². The Bertz CT molecular complexity index is 661. The number of amides is 1. The van der Waals surface area contributed by atoms with Crippen LogP contribution in [0, 0.1) is 5.92 Å². The molecule has 6 nitrogen and oxygen atoms in total. The monoisotopic (exact) mass is 379 g/mol. The first-order chi connectivity index (χ1) is 12.6. The number of carbonyl (C=O) groups is 2. The molecule has 7 heteroatoms. The Kier molecular flexibility index (Phi) is 6.51. The molecule has 2 aliphatic heterocycles. The van der Waals surface area contributed by atoms with Gasteiger partial charge in [-0.15, -0.1) is 0 Å². The number of likely N-dealkylation sites (tertiary alicyclic amines) is 1. The highest BCUT2D eigenvalue weighted by molar-refractivity contribution is 6.31. The van der Waals surface area contributed by atoms with Gasteiger partial charge >= 0.3 is 5.97 Å². The van der Waals surface area contributed by atoms with Gasteiger partial charge in [0.15, 0.2) is 0 Å². The normalized spacial score (nSPS) is 21.5. The molecule has 142 valence electrons. The number of hydrogen-bond acceptors (Lipinski definition) is 5. The van der Waals surface area contributed by atoms with Crippen LogP contribution < -0.4 is 5.32 Å². The molecule has 2 saturated heterocycles. The molecule has 1 unspecified atom stereocenters. The zero-order chi connectivity index (χ0) is 18.5. The SMILES string of the molecule is COC(=O)c1ccc(Cl)c(CN2CCCC(C(=O)N3CCNCC3)C2)c1. The highest BCUT2D eigenvalue weighted by Crippen LogP contribution is 2.24. The van der Waals surface area contributed by atoms with E-state index in [0.29, 0.717) is 17.1 Å². The number of halogens is 1. The summed E-state index contributed by atoms with van der Waals surface area (Å²) in [6.45, 7) is 5.64. The van der Waals surface area contributed by atoms with Crippen molar-refractivity contribution < 1.29 is 14.3 Å². The molecule has 2 aliphatic rings. The Morgan fingerprint density at radius 3 is 2.77 bits per heavy atom. The van der Waals surface area contributed by atoms with Gasteiger partial charge in [0.05, 0.1) is 18.6 Å². The van der Waals surface area contributed by atoms with E-state index in [1.165, 1.54) is 7.11 Å². The van der Waals surface area contributed by atoms with Crippen molar-refractivity contribution in [3.63, 3.8) is 0 Å². The van der Waals surface area contributed by atoms with E-state index in [1.807, 2.05) is 4.90 Å². The Balaban J connectivity index is 1.65. The summed E-state index contributed by atoms with van der Waals surface area (Å²) in [5.74, 6) is -0.0525. The first-order valence-corrected chi connectivity index (χ1v) is 9.55. The molecule has 26 heavy (non-hydrogen) atoms. The molecule has 0 aliphatic carbocycles. The third-order valence-electron chi connectivity index (χ3n) is 5.14. The fraction of sp³-hybridized carbons (Fsp3) is 0.579. The van der Waals surface area contributed by atoms with E-state index in [-0.39, 0.29) is 17.8 Å². The van der Waals surface area contributed by atoms with Gasteiger partial charge in [0.2, 0.25) is 5.91 Å². The third-order valence-corrected chi connectivity index (χ3v) is 5.51. The van der Waals surface area contributed by atoms with Gasteiger partial charge in [0.25, 0.3) is 0 Å². The molecular formula is C19H26ClN3O3. The lowest BCUT2D eigenvalue weighted by Crippen LogP contribution is -2.51. The second-order valence-corrected chi connectivity index (χ2v) is 7.35. The molecule has 0 aromatic heterocycles. The number of piperidine rings is 1. The molecular weight excluding hydrogens is 354 g/mol. The molecule has 1 atom stereocenters. The van der Waals surface area contributed by atoms with Crippen LogP contribution in [0.5, 0.6) is 0 Å². The lowest BCUT2D eigenvalue weighted by Gasteiger charge is -2.36. The summed E-state index contributed by atoms with van der Waals surface area (Å²) in [6.07, 6.45) is 1.94. The van der Waals surface area contributed by atoms with E-state index in [0.717, 1.165) is 57.7 Å². The molecule has 0 spiro atoms. The number of carbonyl (C=O) groups excluding carboxylic acids is 2. The fourth-order valence-corrected chi connectivity index (χ4v) is 3.90. The topological polar surface area (TPSA) is 61.9 Å². The summed E-state index contributed by atoms with van der Waals surface area (Å²) in [4.78, 5) is 28.8. The zero-order valence-corrected chi connectivity index (χ0v) is 15.9. The molecule has 1 aromatic carbocycles. The van der Waals surface area contributed by atoms with Crippen LogP contribution >= 0.6 is 11.6 Å². The van der Waals surface area contributed by atoms with E-state index in [2.05, 4.69) is 10.2 Å². The van der Waals surface area contributed by atoms with E-state index < -0.39 is 0 Å². The maximum Gasteiger partial charge on any atom is 0.337 e. The number of hydrogen-bond donors (Lipinski definition) is 1. The Morgan fingerprint density at radius 1 is 1.27 bits per heavy atom. The summed E-state index contributed by atoms with van der Waals surface area (Å²) in [7, 11) is 1.37. The summed E-state index contributed by atoms with van der Waals surface area (Å²) in [5, 5.41) is 3.92. The minimum absolute atomic E-state index is 0.0458. The van der Waals surface area contributed by atoms with Crippen molar-refractivity contribution in [3.8, 4) is 0 Å². The summed E-state index contributed by atoms with van der Waals surface area (Å²) in [5.41, 5.74) is 1.39. The molecule has 1 amide bonds. The van der Waals surface area contributed by atoms with E-state index in [4.69, 9.17) is 16.3 Å². The van der Waals surface area contributed by atoms with Crippen LogP contribution in [-0.2, 0) is 16.1 Å². The van der Waals surface area contributed by atoms with Crippen molar-refractivity contribution >= 4 is 23.5 Å². The van der Waals surface area contributed by atoms with Gasteiger partial charge in [-0.2, -0.15) is 0 Å². The highest BCUT2D eigenvalue weighted by Gasteiger charge is 2.30. The van der Waals surface area contributed by atoms with Gasteiger partial charge in [-0.25, -0.2) is 4.79 Å². The van der Waals surface area contributed by atoms with Crippen LogP contribution in [-0.4, -0.2) is 68.1 Å². The quantitative estimate of drug-likeness (QED) is 0.808. The predicted molar refractivity (Wildman–Crippen MR) is 100 cm³/mol. The number of piperazine rings is 1. The minimum Gasteiger partial charge on any atom is -0.465 e. The molecule has 3 rings (SSSR count). The van der Waals surface area contributed by atoms with Gasteiger partial charge in [0, 0.05) is 44.3 Å². The van der Waals surface area contributed by atoms with Gasteiger partial charge in [0.1, 0.15) is 0 Å². The Hall–Kier alpha value is -1.63. The number of nitrogens with zero attached hydrogens (tertiary/aromatic N) is 2. The van der Waals surface area contributed by atoms with Crippen LogP contribution in [0.15, 0.2) is 18.2 Å². The molecule has 2 heterocycles. The predicted octanol–water partition coefficient (Wildman–Crippen LogP) is 1.77. The number of benzene rings is 1. The van der Waals surface area contributed by atoms with Crippen LogP contribution in [0.3, 0.4) is 0 Å². The average Bonchev–Trinajstić information content (AvgIpc) is 2.69. The molecule has 1 N–H and O–H groups in total. The Morgan fingerprint density at radius 2 is 2.04 bits per heavy atom. The van der Waals surface area contributed by atoms with Gasteiger partial charge in [-0.05, 0) is 43.1 Å². The van der Waals surface area contributed by atoms with Crippen molar-refractivity contribution in [1.82, 2.24) is 15.1 Å². The number of esters is 1. The molecule has 2 fully saturated rings. The number of nitrogens with one attached hydrogen (secondary N) is 1. The zero-order valence-electron chi connectivity index (χ0n) is 15.2. The smallest absolute Gasteiger partial charge is 0.337 e. The van der Waals surface area contributed by atoms with Crippen LogP contribution in [0.2, 0.25) is 5.02 Å². The van der Waals surface area contributed by atoms with Gasteiger partial charge in [-0.3, -0.25) is 9.69 Å². The van der Waals surface area contributed by atoms with Crippen LogP contribution in [0.1, 0.15) is 28.8 Å². The molecule has 0 radical (unpaired) electrons. The van der Waals surface area contributed by atoms with Gasteiger partial charge < -0.3 is 15.0 Å². The largest absolute Gasteiger partial charge is 0.465 e. The second-order valence-electron chi connectivity index (χ2n) is 6.95.